The van der Waals surface area contributed by atoms with Crippen LogP contribution in [0.1, 0.15) is 25.3 Å². The van der Waals surface area contributed by atoms with Gasteiger partial charge in [-0.25, -0.2) is 8.42 Å². The molecule has 0 aromatic heterocycles. The van der Waals surface area contributed by atoms with Crippen LogP contribution in [-0.4, -0.2) is 63.9 Å². The maximum Gasteiger partial charge on any atom is 0.243 e. The summed E-state index contributed by atoms with van der Waals surface area (Å²) in [5.41, 5.74) is 0.719. The summed E-state index contributed by atoms with van der Waals surface area (Å²) in [4.78, 5) is 25.4. The highest BCUT2D eigenvalue weighted by Gasteiger charge is 2.32. The lowest BCUT2D eigenvalue weighted by atomic mass is 10.0. The molecule has 1 saturated heterocycles. The first-order valence-electron chi connectivity index (χ1n) is 12.5. The molecule has 3 aromatic carbocycles. The molecule has 1 aliphatic rings. The van der Waals surface area contributed by atoms with Crippen molar-refractivity contribution in [1.29, 1.82) is 0 Å². The summed E-state index contributed by atoms with van der Waals surface area (Å²) in [6.07, 6.45) is 1.14. The maximum atomic E-state index is 13.4. The quantitative estimate of drug-likeness (QED) is 0.432. The van der Waals surface area contributed by atoms with E-state index in [4.69, 9.17) is 9.47 Å². The van der Waals surface area contributed by atoms with E-state index in [2.05, 4.69) is 10.6 Å². The topological polar surface area (TPSA) is 114 Å². The molecular formula is C28H33N3O6S. The van der Waals surface area contributed by atoms with Crippen molar-refractivity contribution >= 4 is 32.6 Å². The number of sulfonamides is 1. The van der Waals surface area contributed by atoms with Gasteiger partial charge in [0.15, 0.2) is 11.5 Å². The number of benzene rings is 3. The van der Waals surface area contributed by atoms with Gasteiger partial charge in [-0.1, -0.05) is 48.5 Å². The van der Waals surface area contributed by atoms with Gasteiger partial charge in [0.05, 0.1) is 19.1 Å². The smallest absolute Gasteiger partial charge is 0.243 e. The molecular weight excluding hydrogens is 506 g/mol. The van der Waals surface area contributed by atoms with Gasteiger partial charge in [-0.05, 0) is 30.4 Å². The highest BCUT2D eigenvalue weighted by atomic mass is 32.2. The first-order chi connectivity index (χ1) is 18.2. The summed E-state index contributed by atoms with van der Waals surface area (Å²) in [6, 6.07) is 17.0. The van der Waals surface area contributed by atoms with Crippen molar-refractivity contribution in [2.24, 2.45) is 0 Å². The van der Waals surface area contributed by atoms with Crippen LogP contribution in [0.2, 0.25) is 0 Å². The van der Waals surface area contributed by atoms with Crippen LogP contribution in [0.15, 0.2) is 65.6 Å². The molecule has 0 bridgehead atoms. The van der Waals surface area contributed by atoms with Crippen LogP contribution in [0, 0.1) is 0 Å². The van der Waals surface area contributed by atoms with Crippen molar-refractivity contribution in [1.82, 2.24) is 14.9 Å². The Morgan fingerprint density at radius 2 is 1.66 bits per heavy atom. The monoisotopic (exact) mass is 539 g/mol. The summed E-state index contributed by atoms with van der Waals surface area (Å²) in [5, 5.41) is 7.29. The number of carbonyl (C=O) groups is 2. The Labute approximate surface area is 223 Å². The summed E-state index contributed by atoms with van der Waals surface area (Å²) in [7, 11) is -0.633. The third-order valence-electron chi connectivity index (χ3n) is 6.77. The average molecular weight is 540 g/mol. The Morgan fingerprint density at radius 1 is 0.974 bits per heavy atom. The molecule has 0 unspecified atom stereocenters. The molecule has 0 radical (unpaired) electrons. The standard InChI is InChI=1S/C28H33N3O6S/c1-19(32)29-24(18-21-10-6-12-25(36-2)27(21)37-3)28(33)30-22-14-16-31(17-15-22)38(34,35)26-13-7-9-20-8-4-5-11-23(20)26/h4-13,22,24H,14-18H2,1-3H3,(H,29,32)(H,30,33)/t24-/m1/s1. The molecule has 9 nitrogen and oxygen atoms in total. The van der Waals surface area contributed by atoms with E-state index >= 15 is 0 Å². The maximum absolute atomic E-state index is 13.4. The second-order valence-electron chi connectivity index (χ2n) is 9.27. The fourth-order valence-electron chi connectivity index (χ4n) is 4.89. The van der Waals surface area contributed by atoms with E-state index in [0.29, 0.717) is 29.7 Å². The zero-order valence-corrected chi connectivity index (χ0v) is 22.6. The number of carbonyl (C=O) groups excluding carboxylic acids is 2. The predicted molar refractivity (Wildman–Crippen MR) is 145 cm³/mol. The summed E-state index contributed by atoms with van der Waals surface area (Å²) < 4.78 is 39.2. The minimum atomic E-state index is -3.69. The van der Waals surface area contributed by atoms with Gasteiger partial charge in [-0.15, -0.1) is 0 Å². The lowest BCUT2D eigenvalue weighted by Gasteiger charge is -2.32. The molecule has 1 fully saturated rings. The van der Waals surface area contributed by atoms with Crippen LogP contribution in [0.5, 0.6) is 11.5 Å². The third-order valence-corrected chi connectivity index (χ3v) is 8.73. The lowest BCUT2D eigenvalue weighted by Crippen LogP contribution is -2.53. The number of rotatable bonds is 9. The minimum absolute atomic E-state index is 0.208. The van der Waals surface area contributed by atoms with E-state index in [-0.39, 0.29) is 42.3 Å². The molecule has 1 heterocycles. The van der Waals surface area contributed by atoms with Crippen molar-refractivity contribution in [3.63, 3.8) is 0 Å². The average Bonchev–Trinajstić information content (AvgIpc) is 2.92. The number of methoxy groups -OCH3 is 2. The second-order valence-corrected chi connectivity index (χ2v) is 11.2. The van der Waals surface area contributed by atoms with Gasteiger partial charge in [0.1, 0.15) is 6.04 Å². The zero-order chi connectivity index (χ0) is 27.3. The Bertz CT molecular complexity index is 1410. The molecule has 0 saturated carbocycles. The zero-order valence-electron chi connectivity index (χ0n) is 21.8. The number of nitrogens with one attached hydrogen (secondary N) is 2. The first-order valence-corrected chi connectivity index (χ1v) is 13.9. The second kappa shape index (κ2) is 11.8. The molecule has 1 atom stereocenters. The van der Waals surface area contributed by atoms with Gasteiger partial charge in [0.25, 0.3) is 0 Å². The third kappa shape index (κ3) is 5.92. The number of para-hydroxylation sites is 1. The summed E-state index contributed by atoms with van der Waals surface area (Å²) in [5.74, 6) is 0.375. The molecule has 0 spiro atoms. The van der Waals surface area contributed by atoms with Gasteiger partial charge in [-0.3, -0.25) is 9.59 Å². The highest BCUT2D eigenvalue weighted by molar-refractivity contribution is 7.89. The highest BCUT2D eigenvalue weighted by Crippen LogP contribution is 2.32. The van der Waals surface area contributed by atoms with Crippen LogP contribution in [0.25, 0.3) is 10.8 Å². The molecule has 10 heteroatoms. The number of nitrogens with zero attached hydrogens (tertiary/aromatic N) is 1. The van der Waals surface area contributed by atoms with Crippen LogP contribution < -0.4 is 20.1 Å². The number of ether oxygens (including phenoxy) is 2. The van der Waals surface area contributed by atoms with E-state index < -0.39 is 16.1 Å². The molecule has 0 aliphatic carbocycles. The number of fused-ring (bicyclic) bond motifs is 1. The van der Waals surface area contributed by atoms with Crippen LogP contribution in [-0.2, 0) is 26.0 Å². The van der Waals surface area contributed by atoms with Crippen molar-refractivity contribution in [2.75, 3.05) is 27.3 Å². The fraction of sp³-hybridized carbons (Fsp3) is 0.357. The molecule has 3 aromatic rings. The van der Waals surface area contributed by atoms with Gasteiger partial charge in [0.2, 0.25) is 21.8 Å². The summed E-state index contributed by atoms with van der Waals surface area (Å²) >= 11 is 0. The van der Waals surface area contributed by atoms with E-state index in [9.17, 15) is 18.0 Å². The van der Waals surface area contributed by atoms with Crippen LogP contribution >= 0.6 is 0 Å². The summed E-state index contributed by atoms with van der Waals surface area (Å²) in [6.45, 7) is 1.93. The van der Waals surface area contributed by atoms with Crippen LogP contribution in [0.3, 0.4) is 0 Å². The Hall–Kier alpha value is -3.63. The van der Waals surface area contributed by atoms with Crippen molar-refractivity contribution in [2.45, 2.75) is 43.2 Å². The molecule has 2 N–H and O–H groups in total. The van der Waals surface area contributed by atoms with Crippen molar-refractivity contribution in [3.05, 3.63) is 66.2 Å². The lowest BCUT2D eigenvalue weighted by molar-refractivity contribution is -0.128. The Morgan fingerprint density at radius 3 is 2.34 bits per heavy atom. The first kappa shape index (κ1) is 27.4. The molecule has 1 aliphatic heterocycles. The largest absolute Gasteiger partial charge is 0.493 e. The minimum Gasteiger partial charge on any atom is -0.493 e. The van der Waals surface area contributed by atoms with Gasteiger partial charge < -0.3 is 20.1 Å². The number of piperidine rings is 1. The van der Waals surface area contributed by atoms with E-state index in [1.807, 2.05) is 36.4 Å². The molecule has 2 amide bonds. The fourth-order valence-corrected chi connectivity index (χ4v) is 6.58. The van der Waals surface area contributed by atoms with Gasteiger partial charge in [-0.2, -0.15) is 4.31 Å². The van der Waals surface area contributed by atoms with Crippen LogP contribution in [0.4, 0.5) is 0 Å². The van der Waals surface area contributed by atoms with Gasteiger partial charge >= 0.3 is 0 Å². The Kier molecular flexibility index (Phi) is 8.53. The Balaban J connectivity index is 1.43. The van der Waals surface area contributed by atoms with Crippen molar-refractivity contribution in [3.8, 4) is 11.5 Å². The normalized spacial score (nSPS) is 15.6. The van der Waals surface area contributed by atoms with Gasteiger partial charge in [0, 0.05) is 43.4 Å². The predicted octanol–water partition coefficient (Wildman–Crippen LogP) is 2.87. The number of hydrogen-bond acceptors (Lipinski definition) is 6. The van der Waals surface area contributed by atoms with E-state index in [0.717, 1.165) is 10.9 Å². The molecule has 202 valence electrons. The van der Waals surface area contributed by atoms with E-state index in [1.54, 1.807) is 24.3 Å². The SMILES string of the molecule is COc1cccc(C[C@@H](NC(C)=O)C(=O)NC2CCN(S(=O)(=O)c3cccc4ccccc34)CC2)c1OC. The molecule has 38 heavy (non-hydrogen) atoms. The number of hydrogen-bond donors (Lipinski definition) is 2. The van der Waals surface area contributed by atoms with E-state index in [1.165, 1.54) is 25.4 Å². The van der Waals surface area contributed by atoms with Crippen molar-refractivity contribution < 1.29 is 27.5 Å². The number of amides is 2. The molecule has 4 rings (SSSR count).